The normalized spacial score (nSPS) is 16.7. The molecular weight excluding hydrogens is 495 g/mol. The maximum atomic E-state index is 6.37. The molecule has 0 saturated heterocycles. The SMILES string of the molecule is CC(C)Oc1cccc(OC(C)C)c1-c1ccccc1P(C1CCCCC1)C1CCCCC1.c1ccccc1. The second-order valence-electron chi connectivity index (χ2n) is 11.6. The molecule has 5 rings (SSSR count). The quantitative estimate of drug-likeness (QED) is 0.263. The van der Waals surface area contributed by atoms with Crippen molar-refractivity contribution >= 4 is 13.2 Å². The van der Waals surface area contributed by atoms with Gasteiger partial charge in [-0.2, -0.15) is 0 Å². The lowest BCUT2D eigenvalue weighted by Crippen LogP contribution is -2.27. The van der Waals surface area contributed by atoms with Gasteiger partial charge in [0.1, 0.15) is 11.5 Å². The molecule has 2 nitrogen and oxygen atoms in total. The molecule has 0 spiro atoms. The van der Waals surface area contributed by atoms with Gasteiger partial charge in [0.15, 0.2) is 0 Å². The molecule has 0 bridgehead atoms. The smallest absolute Gasteiger partial charge is 0.131 e. The molecule has 210 valence electrons. The van der Waals surface area contributed by atoms with E-state index in [1.807, 2.05) is 36.4 Å². The Morgan fingerprint density at radius 3 is 1.41 bits per heavy atom. The van der Waals surface area contributed by atoms with Gasteiger partial charge in [-0.05, 0) is 87.7 Å². The van der Waals surface area contributed by atoms with E-state index >= 15 is 0 Å². The Balaban J connectivity index is 0.000000519. The standard InChI is InChI=1S/C30H43O2P.C6H6/c1-22(2)31-27-19-13-20-28(32-23(3)4)30(27)26-18-11-12-21-29(26)33(24-14-7-5-8-15-24)25-16-9-6-10-17-25;1-2-4-6-5-3-1/h11-13,18-25H,5-10,14-17H2,1-4H3;1-6H. The van der Waals surface area contributed by atoms with E-state index in [1.165, 1.54) is 69.8 Å². The van der Waals surface area contributed by atoms with Crippen molar-refractivity contribution in [3.8, 4) is 22.6 Å². The van der Waals surface area contributed by atoms with Crippen LogP contribution in [0.15, 0.2) is 78.9 Å². The molecule has 2 aliphatic carbocycles. The van der Waals surface area contributed by atoms with Crippen molar-refractivity contribution in [2.75, 3.05) is 0 Å². The van der Waals surface area contributed by atoms with Crippen molar-refractivity contribution < 1.29 is 9.47 Å². The summed E-state index contributed by atoms with van der Waals surface area (Å²) in [4.78, 5) is 0. The van der Waals surface area contributed by atoms with E-state index in [9.17, 15) is 0 Å². The van der Waals surface area contributed by atoms with Crippen LogP contribution in [0.2, 0.25) is 0 Å². The molecule has 39 heavy (non-hydrogen) atoms. The van der Waals surface area contributed by atoms with Crippen LogP contribution in [-0.4, -0.2) is 23.5 Å². The van der Waals surface area contributed by atoms with Gasteiger partial charge in [-0.25, -0.2) is 0 Å². The van der Waals surface area contributed by atoms with E-state index in [-0.39, 0.29) is 20.1 Å². The van der Waals surface area contributed by atoms with E-state index < -0.39 is 0 Å². The highest BCUT2D eigenvalue weighted by atomic mass is 31.1. The van der Waals surface area contributed by atoms with E-state index in [0.29, 0.717) is 0 Å². The fraction of sp³-hybridized carbons (Fsp3) is 0.500. The monoisotopic (exact) mass is 544 g/mol. The molecule has 2 saturated carbocycles. The Morgan fingerprint density at radius 1 is 0.538 bits per heavy atom. The topological polar surface area (TPSA) is 18.5 Å². The lowest BCUT2D eigenvalue weighted by atomic mass is 9.99. The van der Waals surface area contributed by atoms with Crippen molar-refractivity contribution in [1.82, 2.24) is 0 Å². The van der Waals surface area contributed by atoms with Crippen LogP contribution in [0, 0.1) is 0 Å². The van der Waals surface area contributed by atoms with E-state index in [0.717, 1.165) is 28.4 Å². The first-order valence-electron chi connectivity index (χ1n) is 15.4. The zero-order valence-electron chi connectivity index (χ0n) is 24.6. The fourth-order valence-electron chi connectivity index (χ4n) is 6.19. The average Bonchev–Trinajstić information content (AvgIpc) is 2.96. The molecule has 2 fully saturated rings. The molecule has 0 atom stereocenters. The van der Waals surface area contributed by atoms with Gasteiger partial charge in [-0.15, -0.1) is 0 Å². The first-order chi connectivity index (χ1) is 19.0. The van der Waals surface area contributed by atoms with Gasteiger partial charge in [0, 0.05) is 0 Å². The summed E-state index contributed by atoms with van der Waals surface area (Å²) in [6.07, 6.45) is 14.4. The molecule has 0 unspecified atom stereocenters. The summed E-state index contributed by atoms with van der Waals surface area (Å²) in [7, 11) is -0.213. The Labute approximate surface area is 239 Å². The Bertz CT molecular complexity index is 1030. The van der Waals surface area contributed by atoms with Crippen LogP contribution < -0.4 is 14.8 Å². The van der Waals surface area contributed by atoms with E-state index in [4.69, 9.17) is 9.47 Å². The third-order valence-corrected chi connectivity index (χ3v) is 11.3. The minimum Gasteiger partial charge on any atom is -0.490 e. The lowest BCUT2D eigenvalue weighted by Gasteiger charge is -2.39. The van der Waals surface area contributed by atoms with E-state index in [2.05, 4.69) is 70.2 Å². The molecular formula is C36H49O2P. The van der Waals surface area contributed by atoms with Gasteiger partial charge in [0.05, 0.1) is 17.8 Å². The highest BCUT2D eigenvalue weighted by Crippen LogP contribution is 2.57. The molecule has 0 heterocycles. The molecule has 3 aromatic rings. The summed E-state index contributed by atoms with van der Waals surface area (Å²) >= 11 is 0. The third kappa shape index (κ3) is 8.59. The molecule has 0 N–H and O–H groups in total. The van der Waals surface area contributed by atoms with Crippen LogP contribution >= 0.6 is 7.92 Å². The Morgan fingerprint density at radius 2 is 0.974 bits per heavy atom. The largest absolute Gasteiger partial charge is 0.490 e. The minimum atomic E-state index is -0.213. The number of rotatable bonds is 8. The third-order valence-electron chi connectivity index (χ3n) is 7.77. The predicted octanol–water partition coefficient (Wildman–Crippen LogP) is 10.4. The maximum Gasteiger partial charge on any atom is 0.131 e. The number of ether oxygens (including phenoxy) is 2. The minimum absolute atomic E-state index is 0.128. The Kier molecular flexibility index (Phi) is 11.8. The molecule has 0 aliphatic heterocycles. The second-order valence-corrected chi connectivity index (χ2v) is 14.4. The summed E-state index contributed by atoms with van der Waals surface area (Å²) < 4.78 is 12.7. The number of hydrogen-bond acceptors (Lipinski definition) is 2. The molecule has 0 amide bonds. The molecule has 2 aliphatic rings. The van der Waals surface area contributed by atoms with Gasteiger partial charge < -0.3 is 9.47 Å². The van der Waals surface area contributed by atoms with Crippen LogP contribution in [0.4, 0.5) is 0 Å². The van der Waals surface area contributed by atoms with Crippen molar-refractivity contribution in [1.29, 1.82) is 0 Å². The zero-order chi connectivity index (χ0) is 27.5. The fourth-order valence-corrected chi connectivity index (χ4v) is 10.1. The van der Waals surface area contributed by atoms with Gasteiger partial charge in [0.25, 0.3) is 0 Å². The van der Waals surface area contributed by atoms with Crippen molar-refractivity contribution in [2.24, 2.45) is 0 Å². The van der Waals surface area contributed by atoms with Crippen molar-refractivity contribution in [2.45, 2.75) is 115 Å². The first kappa shape index (κ1) is 29.7. The van der Waals surface area contributed by atoms with Gasteiger partial charge in [-0.3, -0.25) is 0 Å². The van der Waals surface area contributed by atoms with Crippen LogP contribution in [0.25, 0.3) is 11.1 Å². The number of benzene rings is 3. The molecule has 3 aromatic carbocycles. The second kappa shape index (κ2) is 15.5. The van der Waals surface area contributed by atoms with Gasteiger partial charge >= 0.3 is 0 Å². The Hall–Kier alpha value is -2.31. The predicted molar refractivity (Wildman–Crippen MR) is 170 cm³/mol. The summed E-state index contributed by atoms with van der Waals surface area (Å²) in [6.45, 7) is 8.45. The molecule has 0 radical (unpaired) electrons. The van der Waals surface area contributed by atoms with Crippen molar-refractivity contribution in [3.05, 3.63) is 78.9 Å². The first-order valence-corrected chi connectivity index (χ1v) is 16.9. The van der Waals surface area contributed by atoms with Crippen molar-refractivity contribution in [3.63, 3.8) is 0 Å². The van der Waals surface area contributed by atoms with Crippen LogP contribution in [0.3, 0.4) is 0 Å². The maximum absolute atomic E-state index is 6.37. The summed E-state index contributed by atoms with van der Waals surface area (Å²) in [5.41, 5.74) is 4.25. The summed E-state index contributed by atoms with van der Waals surface area (Å²) in [5, 5.41) is 1.60. The van der Waals surface area contributed by atoms with E-state index in [1.54, 1.807) is 5.30 Å². The highest BCUT2D eigenvalue weighted by Gasteiger charge is 2.34. The molecule has 0 aromatic heterocycles. The van der Waals surface area contributed by atoms with Gasteiger partial charge in [0.2, 0.25) is 0 Å². The number of hydrogen-bond donors (Lipinski definition) is 0. The zero-order valence-corrected chi connectivity index (χ0v) is 25.5. The molecule has 3 heteroatoms. The van der Waals surface area contributed by atoms with Gasteiger partial charge in [-0.1, -0.05) is 113 Å². The summed E-state index contributed by atoms with van der Waals surface area (Å²) in [5.74, 6) is 1.91. The highest BCUT2D eigenvalue weighted by molar-refractivity contribution is 7.67. The average molecular weight is 545 g/mol. The van der Waals surface area contributed by atoms with Crippen LogP contribution in [-0.2, 0) is 0 Å². The lowest BCUT2D eigenvalue weighted by molar-refractivity contribution is 0.231. The van der Waals surface area contributed by atoms with Crippen LogP contribution in [0.1, 0.15) is 91.9 Å². The summed E-state index contributed by atoms with van der Waals surface area (Å²) in [6, 6.07) is 27.6. The van der Waals surface area contributed by atoms with Crippen LogP contribution in [0.5, 0.6) is 11.5 Å².